The molecule has 0 N–H and O–H groups in total. The van der Waals surface area contributed by atoms with E-state index in [2.05, 4.69) is 49.9 Å². The summed E-state index contributed by atoms with van der Waals surface area (Å²) in [5.74, 6) is 0.762. The largest absolute Gasteiger partial charge is 0.417 e. The zero-order valence-electron chi connectivity index (χ0n) is 13.0. The summed E-state index contributed by atoms with van der Waals surface area (Å²) in [6.07, 6.45) is 8.60. The quantitative estimate of drug-likeness (QED) is 0.598. The monoisotopic (exact) mass is 278 g/mol. The third-order valence-electron chi connectivity index (χ3n) is 3.62. The van der Waals surface area contributed by atoms with Gasteiger partial charge in [0.25, 0.3) is 0 Å². The number of aryl methyl sites for hydroxylation is 1. The molecule has 0 bridgehead atoms. The van der Waals surface area contributed by atoms with Crippen LogP contribution in [0.3, 0.4) is 0 Å². The van der Waals surface area contributed by atoms with Crippen LogP contribution in [0.1, 0.15) is 38.6 Å². The molecule has 0 radical (unpaired) electrons. The molecule has 3 nitrogen and oxygen atoms in total. The predicted octanol–water partition coefficient (Wildman–Crippen LogP) is 4.21. The fourth-order valence-electron chi connectivity index (χ4n) is 1.28. The van der Waals surface area contributed by atoms with Gasteiger partial charge in [0.1, 0.15) is 0 Å². The number of nitrogens with zero attached hydrogens (tertiary/aromatic N) is 2. The summed E-state index contributed by atoms with van der Waals surface area (Å²) in [7, 11) is -1.61. The van der Waals surface area contributed by atoms with E-state index in [1.54, 1.807) is 0 Å². The molecular formula is C15H26N2OSi. The first-order valence-corrected chi connectivity index (χ1v) is 9.72. The summed E-state index contributed by atoms with van der Waals surface area (Å²) in [6, 6.07) is 0. The standard InChI is InChI=1S/C15H26N2OSi/c1-13-11-16-14(17-12-13)9-7-8-10-18-19(5,6)15(2,3)4/h7,9,11-12H,8,10H2,1-6H3/b9-7+. The summed E-state index contributed by atoms with van der Waals surface area (Å²) < 4.78 is 6.10. The molecule has 0 aliphatic carbocycles. The number of hydrogen-bond acceptors (Lipinski definition) is 3. The molecule has 0 aromatic carbocycles. The van der Waals surface area contributed by atoms with Crippen LogP contribution >= 0.6 is 0 Å². The van der Waals surface area contributed by atoms with Crippen LogP contribution in [0.5, 0.6) is 0 Å². The molecule has 0 saturated carbocycles. The molecule has 1 heterocycles. The predicted molar refractivity (Wildman–Crippen MR) is 83.6 cm³/mol. The summed E-state index contributed by atoms with van der Waals surface area (Å²) in [6.45, 7) is 14.1. The zero-order valence-corrected chi connectivity index (χ0v) is 14.0. The van der Waals surface area contributed by atoms with Crippen LogP contribution in [0.2, 0.25) is 18.1 Å². The van der Waals surface area contributed by atoms with E-state index in [1.807, 2.05) is 25.4 Å². The smallest absolute Gasteiger partial charge is 0.191 e. The highest BCUT2D eigenvalue weighted by Crippen LogP contribution is 2.36. The summed E-state index contributed by atoms with van der Waals surface area (Å²) >= 11 is 0. The molecule has 0 spiro atoms. The van der Waals surface area contributed by atoms with E-state index in [9.17, 15) is 0 Å². The Bertz CT molecular complexity index is 419. The van der Waals surface area contributed by atoms with Crippen molar-refractivity contribution < 1.29 is 4.43 Å². The lowest BCUT2D eigenvalue weighted by molar-refractivity contribution is 0.294. The van der Waals surface area contributed by atoms with Crippen LogP contribution in [-0.2, 0) is 4.43 Å². The van der Waals surface area contributed by atoms with Gasteiger partial charge in [-0.3, -0.25) is 0 Å². The van der Waals surface area contributed by atoms with Crippen LogP contribution < -0.4 is 0 Å². The van der Waals surface area contributed by atoms with Gasteiger partial charge in [-0.1, -0.05) is 26.8 Å². The third-order valence-corrected chi connectivity index (χ3v) is 8.16. The van der Waals surface area contributed by atoms with Crippen molar-refractivity contribution in [2.24, 2.45) is 0 Å². The molecular weight excluding hydrogens is 252 g/mol. The molecule has 19 heavy (non-hydrogen) atoms. The normalized spacial score (nSPS) is 13.2. The molecule has 1 aromatic heterocycles. The second kappa shape index (κ2) is 6.44. The van der Waals surface area contributed by atoms with Crippen molar-refractivity contribution in [3.8, 4) is 0 Å². The first-order chi connectivity index (χ1) is 8.72. The Morgan fingerprint density at radius 1 is 1.21 bits per heavy atom. The van der Waals surface area contributed by atoms with Gasteiger partial charge >= 0.3 is 0 Å². The SMILES string of the molecule is Cc1cnc(/C=C/CCO[Si](C)(C)C(C)(C)C)nc1. The van der Waals surface area contributed by atoms with E-state index in [0.29, 0.717) is 0 Å². The maximum Gasteiger partial charge on any atom is 0.191 e. The van der Waals surface area contributed by atoms with Crippen molar-refractivity contribution >= 4 is 14.4 Å². The van der Waals surface area contributed by atoms with Crippen molar-refractivity contribution in [3.05, 3.63) is 29.9 Å². The van der Waals surface area contributed by atoms with Crippen molar-refractivity contribution in [2.75, 3.05) is 6.61 Å². The van der Waals surface area contributed by atoms with Gasteiger partial charge in [0.05, 0.1) is 0 Å². The van der Waals surface area contributed by atoms with Crippen molar-refractivity contribution in [3.63, 3.8) is 0 Å². The molecule has 106 valence electrons. The highest BCUT2D eigenvalue weighted by molar-refractivity contribution is 6.74. The molecule has 0 aliphatic heterocycles. The van der Waals surface area contributed by atoms with Crippen LogP contribution in [0.4, 0.5) is 0 Å². The van der Waals surface area contributed by atoms with Gasteiger partial charge in [-0.2, -0.15) is 0 Å². The Labute approximate surface area is 118 Å². The van der Waals surface area contributed by atoms with E-state index in [1.165, 1.54) is 0 Å². The molecule has 0 atom stereocenters. The Balaban J connectivity index is 2.37. The lowest BCUT2D eigenvalue weighted by atomic mass is 10.2. The van der Waals surface area contributed by atoms with Gasteiger partial charge in [-0.05, 0) is 43.1 Å². The maximum atomic E-state index is 6.10. The summed E-state index contributed by atoms with van der Waals surface area (Å²) in [5.41, 5.74) is 1.08. The lowest BCUT2D eigenvalue weighted by Gasteiger charge is -2.36. The van der Waals surface area contributed by atoms with Crippen molar-refractivity contribution in [2.45, 2.75) is 52.2 Å². The number of rotatable bonds is 5. The van der Waals surface area contributed by atoms with Crippen molar-refractivity contribution in [1.82, 2.24) is 9.97 Å². The van der Waals surface area contributed by atoms with E-state index >= 15 is 0 Å². The van der Waals surface area contributed by atoms with Crippen LogP contribution in [0, 0.1) is 6.92 Å². The van der Waals surface area contributed by atoms with Gasteiger partial charge in [0.2, 0.25) is 0 Å². The van der Waals surface area contributed by atoms with Crippen LogP contribution in [-0.4, -0.2) is 24.9 Å². The minimum absolute atomic E-state index is 0.275. The summed E-state index contributed by atoms with van der Waals surface area (Å²) in [4.78, 5) is 8.47. The molecule has 0 saturated heterocycles. The Morgan fingerprint density at radius 3 is 2.32 bits per heavy atom. The Kier molecular flexibility index (Phi) is 5.44. The minimum atomic E-state index is -1.61. The molecule has 1 rings (SSSR count). The van der Waals surface area contributed by atoms with E-state index in [4.69, 9.17) is 4.43 Å². The van der Waals surface area contributed by atoms with Gasteiger partial charge < -0.3 is 4.43 Å². The Morgan fingerprint density at radius 2 is 1.79 bits per heavy atom. The van der Waals surface area contributed by atoms with Gasteiger partial charge in [0.15, 0.2) is 14.1 Å². The van der Waals surface area contributed by atoms with Gasteiger partial charge in [-0.15, -0.1) is 0 Å². The first-order valence-electron chi connectivity index (χ1n) is 6.81. The first kappa shape index (κ1) is 16.1. The maximum absolute atomic E-state index is 6.10. The topological polar surface area (TPSA) is 35.0 Å². The fraction of sp³-hybridized carbons (Fsp3) is 0.600. The fourth-order valence-corrected chi connectivity index (χ4v) is 2.34. The highest BCUT2D eigenvalue weighted by atomic mass is 28.4. The third kappa shape index (κ3) is 5.24. The number of hydrogen-bond donors (Lipinski definition) is 0. The molecule has 4 heteroatoms. The highest BCUT2D eigenvalue weighted by Gasteiger charge is 2.36. The second-order valence-corrected chi connectivity index (χ2v) is 11.2. The molecule has 0 amide bonds. The Hall–Kier alpha value is -1.00. The van der Waals surface area contributed by atoms with Crippen LogP contribution in [0.25, 0.3) is 6.08 Å². The van der Waals surface area contributed by atoms with Crippen LogP contribution in [0.15, 0.2) is 18.5 Å². The van der Waals surface area contributed by atoms with Crippen molar-refractivity contribution in [1.29, 1.82) is 0 Å². The number of aromatic nitrogens is 2. The summed E-state index contributed by atoms with van der Waals surface area (Å²) in [5, 5.41) is 0.275. The molecule has 0 aliphatic rings. The van der Waals surface area contributed by atoms with E-state index in [0.717, 1.165) is 24.4 Å². The van der Waals surface area contributed by atoms with Gasteiger partial charge in [0, 0.05) is 19.0 Å². The second-order valence-electron chi connectivity index (χ2n) is 6.42. The molecule has 0 fully saturated rings. The lowest BCUT2D eigenvalue weighted by Crippen LogP contribution is -2.40. The molecule has 0 unspecified atom stereocenters. The van der Waals surface area contributed by atoms with Gasteiger partial charge in [-0.25, -0.2) is 9.97 Å². The average Bonchev–Trinajstić information content (AvgIpc) is 2.29. The zero-order chi connectivity index (χ0) is 14.5. The average molecular weight is 278 g/mol. The molecule has 1 aromatic rings. The van der Waals surface area contributed by atoms with E-state index < -0.39 is 8.32 Å². The minimum Gasteiger partial charge on any atom is -0.417 e. The van der Waals surface area contributed by atoms with E-state index in [-0.39, 0.29) is 5.04 Å².